The lowest BCUT2D eigenvalue weighted by Gasteiger charge is -2.28. The summed E-state index contributed by atoms with van der Waals surface area (Å²) in [6, 6.07) is 26.9. The largest absolute Gasteiger partial charge is 0.370 e. The summed E-state index contributed by atoms with van der Waals surface area (Å²) in [6.45, 7) is 3.36. The molecule has 0 radical (unpaired) electrons. The average molecular weight is 537 g/mol. The number of rotatable bonds is 8. The zero-order chi connectivity index (χ0) is 28.1. The van der Waals surface area contributed by atoms with Crippen LogP contribution in [0.3, 0.4) is 0 Å². The summed E-state index contributed by atoms with van der Waals surface area (Å²) in [5.74, 6) is -0.245. The highest BCUT2D eigenvalue weighted by molar-refractivity contribution is 5.98. The summed E-state index contributed by atoms with van der Waals surface area (Å²) in [5, 5.41) is 10.9. The highest BCUT2D eigenvalue weighted by Crippen LogP contribution is 2.21. The Balaban J connectivity index is 1.33. The minimum absolute atomic E-state index is 0.0478. The van der Waals surface area contributed by atoms with Crippen LogP contribution in [-0.4, -0.2) is 53.9 Å². The molecule has 0 aromatic heterocycles. The average Bonchev–Trinajstić information content (AvgIpc) is 3.12. The minimum atomic E-state index is -0.613. The second kappa shape index (κ2) is 12.2. The molecule has 0 bridgehead atoms. The molecule has 0 aliphatic carbocycles. The van der Waals surface area contributed by atoms with Gasteiger partial charge in [0.2, 0.25) is 5.91 Å². The topological polar surface area (TPSA) is 126 Å². The van der Waals surface area contributed by atoms with E-state index in [2.05, 4.69) is 46.0 Å². The van der Waals surface area contributed by atoms with Crippen molar-refractivity contribution in [1.82, 2.24) is 15.5 Å². The summed E-state index contributed by atoms with van der Waals surface area (Å²) in [7, 11) is 0. The van der Waals surface area contributed by atoms with Gasteiger partial charge in [-0.15, -0.1) is 0 Å². The first-order valence-corrected chi connectivity index (χ1v) is 13.8. The van der Waals surface area contributed by atoms with E-state index in [0.29, 0.717) is 38.0 Å². The Morgan fingerprint density at radius 2 is 1.62 bits per heavy atom. The second-order valence-corrected chi connectivity index (χ2v) is 10.4. The molecule has 8 heteroatoms. The summed E-state index contributed by atoms with van der Waals surface area (Å²) in [5.41, 5.74) is 13.1. The maximum atomic E-state index is 13.9. The molecule has 4 aromatic carbocycles. The van der Waals surface area contributed by atoms with Crippen LogP contribution in [0.4, 0.5) is 0 Å². The van der Waals surface area contributed by atoms with Gasteiger partial charge in [-0.3, -0.25) is 14.9 Å². The van der Waals surface area contributed by atoms with Gasteiger partial charge < -0.3 is 21.7 Å². The van der Waals surface area contributed by atoms with Gasteiger partial charge in [0.05, 0.1) is 6.04 Å². The number of aliphatic imine (C=N–C) groups is 1. The van der Waals surface area contributed by atoms with Gasteiger partial charge in [0.15, 0.2) is 5.96 Å². The van der Waals surface area contributed by atoms with Crippen molar-refractivity contribution in [1.29, 1.82) is 0 Å². The fourth-order valence-corrected chi connectivity index (χ4v) is 5.42. The smallest absolute Gasteiger partial charge is 0.251 e. The molecule has 1 unspecified atom stereocenters. The summed E-state index contributed by atoms with van der Waals surface area (Å²) in [4.78, 5) is 33.1. The maximum absolute atomic E-state index is 13.9. The van der Waals surface area contributed by atoms with E-state index in [1.165, 1.54) is 0 Å². The standard InChI is InChI=1S/C32H36N6O2/c1-2-28(37-32(33)34)29-31(40)38(20-21-11-12-22-7-3-5-9-24(22)17-21)16-15-27(36-29)19-35-30(39)26-14-13-23-8-4-6-10-25(23)18-26/h3-14,17-18,27-29,36H,2,15-16,19-20H2,1H3,(H,35,39)(H4,33,34,37)/t27-,28?,29-/m0/s1. The molecule has 1 aliphatic rings. The van der Waals surface area contributed by atoms with Gasteiger partial charge in [-0.25, -0.2) is 4.99 Å². The number of nitrogens with zero attached hydrogens (tertiary/aromatic N) is 2. The first kappa shape index (κ1) is 27.1. The molecule has 40 heavy (non-hydrogen) atoms. The van der Waals surface area contributed by atoms with E-state index in [-0.39, 0.29) is 23.8 Å². The van der Waals surface area contributed by atoms with Crippen LogP contribution in [0.5, 0.6) is 0 Å². The van der Waals surface area contributed by atoms with Crippen molar-refractivity contribution in [2.24, 2.45) is 16.5 Å². The number of hydrogen-bond donors (Lipinski definition) is 4. The predicted molar refractivity (Wildman–Crippen MR) is 161 cm³/mol. The third kappa shape index (κ3) is 6.24. The third-order valence-corrected chi connectivity index (χ3v) is 7.57. The molecule has 0 saturated carbocycles. The molecular weight excluding hydrogens is 500 g/mol. The van der Waals surface area contributed by atoms with Crippen LogP contribution in [-0.2, 0) is 11.3 Å². The van der Waals surface area contributed by atoms with E-state index in [0.717, 1.165) is 27.1 Å². The van der Waals surface area contributed by atoms with Crippen molar-refractivity contribution >= 4 is 39.3 Å². The molecule has 4 aromatic rings. The normalized spacial score (nSPS) is 18.3. The van der Waals surface area contributed by atoms with Crippen molar-refractivity contribution in [3.63, 3.8) is 0 Å². The van der Waals surface area contributed by atoms with E-state index in [9.17, 15) is 9.59 Å². The molecule has 0 spiro atoms. The van der Waals surface area contributed by atoms with Crippen molar-refractivity contribution in [2.75, 3.05) is 13.1 Å². The van der Waals surface area contributed by atoms with E-state index < -0.39 is 12.1 Å². The Morgan fingerprint density at radius 3 is 2.30 bits per heavy atom. The molecule has 8 nitrogen and oxygen atoms in total. The second-order valence-electron chi connectivity index (χ2n) is 10.4. The number of hydrogen-bond acceptors (Lipinski definition) is 4. The van der Waals surface area contributed by atoms with Gasteiger partial charge in [-0.05, 0) is 58.1 Å². The molecule has 1 fully saturated rings. The highest BCUT2D eigenvalue weighted by atomic mass is 16.2. The van der Waals surface area contributed by atoms with Crippen LogP contribution >= 0.6 is 0 Å². The number of carbonyl (C=O) groups excluding carboxylic acids is 2. The van der Waals surface area contributed by atoms with E-state index >= 15 is 0 Å². The quantitative estimate of drug-likeness (QED) is 0.202. The molecule has 3 atom stereocenters. The lowest BCUT2D eigenvalue weighted by molar-refractivity contribution is -0.133. The number of fused-ring (bicyclic) bond motifs is 2. The van der Waals surface area contributed by atoms with Crippen LogP contribution in [0.15, 0.2) is 89.9 Å². The number of benzene rings is 4. The van der Waals surface area contributed by atoms with Gasteiger partial charge in [0.1, 0.15) is 6.04 Å². The zero-order valence-corrected chi connectivity index (χ0v) is 22.7. The van der Waals surface area contributed by atoms with E-state index in [1.807, 2.05) is 66.4 Å². The number of amides is 2. The molecule has 1 heterocycles. The molecule has 6 N–H and O–H groups in total. The van der Waals surface area contributed by atoms with Crippen molar-refractivity contribution in [3.05, 3.63) is 96.1 Å². The van der Waals surface area contributed by atoms with Crippen molar-refractivity contribution in [3.8, 4) is 0 Å². The van der Waals surface area contributed by atoms with Gasteiger partial charge in [0.25, 0.3) is 5.91 Å². The number of nitrogens with one attached hydrogen (secondary N) is 2. The predicted octanol–water partition coefficient (Wildman–Crippen LogP) is 3.53. The molecule has 1 aliphatic heterocycles. The lowest BCUT2D eigenvalue weighted by Crippen LogP contribution is -2.54. The molecule has 5 rings (SSSR count). The number of guanidine groups is 1. The Kier molecular flexibility index (Phi) is 8.26. The summed E-state index contributed by atoms with van der Waals surface area (Å²) >= 11 is 0. The minimum Gasteiger partial charge on any atom is -0.370 e. The number of nitrogens with two attached hydrogens (primary N) is 2. The van der Waals surface area contributed by atoms with Crippen molar-refractivity contribution in [2.45, 2.75) is 44.4 Å². The Hall–Kier alpha value is -4.43. The Bertz CT molecular complexity index is 1550. The van der Waals surface area contributed by atoms with E-state index in [4.69, 9.17) is 11.5 Å². The molecule has 206 valence electrons. The fraction of sp³-hybridized carbons (Fsp3) is 0.281. The van der Waals surface area contributed by atoms with Crippen LogP contribution in [0.2, 0.25) is 0 Å². The summed E-state index contributed by atoms with van der Waals surface area (Å²) < 4.78 is 0. The van der Waals surface area contributed by atoms with Crippen LogP contribution in [0.25, 0.3) is 21.5 Å². The van der Waals surface area contributed by atoms with Crippen LogP contribution < -0.4 is 22.1 Å². The van der Waals surface area contributed by atoms with Gasteiger partial charge in [0, 0.05) is 31.2 Å². The van der Waals surface area contributed by atoms with Crippen LogP contribution in [0, 0.1) is 0 Å². The third-order valence-electron chi connectivity index (χ3n) is 7.57. The maximum Gasteiger partial charge on any atom is 0.251 e. The zero-order valence-electron chi connectivity index (χ0n) is 22.7. The Labute approximate surface area is 234 Å². The SMILES string of the molecule is CCC(N=C(N)N)[C@@H]1N[C@H](CNC(=O)c2ccc3ccccc3c2)CCN(Cc2ccc3ccccc3c2)C1=O. The Morgan fingerprint density at radius 1 is 0.975 bits per heavy atom. The van der Waals surface area contributed by atoms with Gasteiger partial charge >= 0.3 is 0 Å². The van der Waals surface area contributed by atoms with E-state index in [1.54, 1.807) is 0 Å². The lowest BCUT2D eigenvalue weighted by atomic mass is 10.0. The summed E-state index contributed by atoms with van der Waals surface area (Å²) in [6.07, 6.45) is 1.26. The fourth-order valence-electron chi connectivity index (χ4n) is 5.42. The number of carbonyl (C=O) groups is 2. The molecule has 1 saturated heterocycles. The van der Waals surface area contributed by atoms with Crippen molar-refractivity contribution < 1.29 is 9.59 Å². The molecule has 2 amide bonds. The van der Waals surface area contributed by atoms with Crippen LogP contribution in [0.1, 0.15) is 35.7 Å². The first-order chi connectivity index (χ1) is 19.4. The monoisotopic (exact) mass is 536 g/mol. The molecular formula is C32H36N6O2. The first-order valence-electron chi connectivity index (χ1n) is 13.8. The van der Waals surface area contributed by atoms with Gasteiger partial charge in [-0.1, -0.05) is 73.7 Å². The van der Waals surface area contributed by atoms with Gasteiger partial charge in [-0.2, -0.15) is 0 Å². The highest BCUT2D eigenvalue weighted by Gasteiger charge is 2.36.